The molecule has 1 saturated heterocycles. The first kappa shape index (κ1) is 25.2. The summed E-state index contributed by atoms with van der Waals surface area (Å²) >= 11 is 0. The first-order valence-corrected chi connectivity index (χ1v) is 12.6. The number of nitrogens with zero attached hydrogens (tertiary/aromatic N) is 6. The molecular formula is C27H32F2N8. The second kappa shape index (κ2) is 10.1. The van der Waals surface area contributed by atoms with Gasteiger partial charge in [0, 0.05) is 49.5 Å². The summed E-state index contributed by atoms with van der Waals surface area (Å²) in [5, 5.41) is 6.58. The standard InChI is InChI=1S/C27H32F2N8/c1-15(2)37-18(5)33-26-21(28)8-20(9-23(26)37)25-22(29)11-31-27(35-25)34-24-7-6-19(10-30-24)14-36-12-16(3)32-17(4)13-36/h6-11,15-17,32H,12-14H2,1-5H3,(H,30,31,34,35)/t16-,17+. The Balaban J connectivity index is 1.37. The van der Waals surface area contributed by atoms with Crippen LogP contribution >= 0.6 is 0 Å². The zero-order chi connectivity index (χ0) is 26.3. The topological polar surface area (TPSA) is 83.8 Å². The lowest BCUT2D eigenvalue weighted by molar-refractivity contribution is 0.166. The lowest BCUT2D eigenvalue weighted by atomic mass is 10.1. The maximum atomic E-state index is 14.9. The smallest absolute Gasteiger partial charge is 0.229 e. The Bertz CT molecular complexity index is 1410. The average molecular weight is 507 g/mol. The predicted octanol–water partition coefficient (Wildman–Crippen LogP) is 4.98. The van der Waals surface area contributed by atoms with E-state index in [9.17, 15) is 8.78 Å². The third-order valence-corrected chi connectivity index (χ3v) is 6.56. The number of halogens is 2. The zero-order valence-corrected chi connectivity index (χ0v) is 21.8. The molecule has 194 valence electrons. The molecule has 1 fully saturated rings. The van der Waals surface area contributed by atoms with Crippen LogP contribution < -0.4 is 10.6 Å². The molecule has 10 heteroatoms. The van der Waals surface area contributed by atoms with Crippen molar-refractivity contribution in [1.82, 2.24) is 34.7 Å². The van der Waals surface area contributed by atoms with Crippen molar-refractivity contribution in [3.63, 3.8) is 0 Å². The van der Waals surface area contributed by atoms with Crippen LogP contribution in [-0.4, -0.2) is 54.6 Å². The number of benzene rings is 1. The molecule has 5 rings (SSSR count). The molecule has 2 N–H and O–H groups in total. The Morgan fingerprint density at radius 1 is 1.03 bits per heavy atom. The van der Waals surface area contributed by atoms with Gasteiger partial charge in [-0.3, -0.25) is 4.90 Å². The Kier molecular flexibility index (Phi) is 6.87. The second-order valence-corrected chi connectivity index (χ2v) is 10.2. The molecule has 8 nitrogen and oxygen atoms in total. The molecule has 0 amide bonds. The number of pyridine rings is 1. The van der Waals surface area contributed by atoms with Gasteiger partial charge in [-0.05, 0) is 58.4 Å². The fourth-order valence-electron chi connectivity index (χ4n) is 5.22. The fourth-order valence-corrected chi connectivity index (χ4v) is 5.22. The van der Waals surface area contributed by atoms with Gasteiger partial charge in [-0.25, -0.2) is 28.7 Å². The number of nitrogens with one attached hydrogen (secondary N) is 2. The molecule has 0 spiro atoms. The number of rotatable bonds is 6. The van der Waals surface area contributed by atoms with E-state index in [1.165, 1.54) is 6.07 Å². The highest BCUT2D eigenvalue weighted by molar-refractivity contribution is 5.83. The van der Waals surface area contributed by atoms with Gasteiger partial charge in [0.1, 0.15) is 22.9 Å². The minimum Gasteiger partial charge on any atom is -0.326 e. The van der Waals surface area contributed by atoms with Crippen LogP contribution in [-0.2, 0) is 6.54 Å². The van der Waals surface area contributed by atoms with Crippen LogP contribution in [0, 0.1) is 18.6 Å². The summed E-state index contributed by atoms with van der Waals surface area (Å²) in [5.41, 5.74) is 2.29. The lowest BCUT2D eigenvalue weighted by Gasteiger charge is -2.36. The van der Waals surface area contributed by atoms with Crippen molar-refractivity contribution in [3.05, 3.63) is 59.7 Å². The Morgan fingerprint density at radius 3 is 2.46 bits per heavy atom. The highest BCUT2D eigenvalue weighted by Gasteiger charge is 2.21. The summed E-state index contributed by atoms with van der Waals surface area (Å²) in [5.74, 6) is 0.253. The highest BCUT2D eigenvalue weighted by Crippen LogP contribution is 2.30. The third kappa shape index (κ3) is 5.30. The van der Waals surface area contributed by atoms with Crippen LogP contribution in [0.5, 0.6) is 0 Å². The molecule has 4 aromatic rings. The minimum absolute atomic E-state index is 0.00558. The van der Waals surface area contributed by atoms with Crippen LogP contribution in [0.4, 0.5) is 20.5 Å². The van der Waals surface area contributed by atoms with Crippen LogP contribution in [0.2, 0.25) is 0 Å². The van der Waals surface area contributed by atoms with Crippen LogP contribution in [0.25, 0.3) is 22.3 Å². The van der Waals surface area contributed by atoms with Crippen molar-refractivity contribution in [2.45, 2.75) is 59.3 Å². The SMILES string of the molecule is Cc1nc2c(F)cc(-c3nc(Nc4ccc(CN5C[C@@H](C)N[C@@H](C)C5)cn4)ncc3F)cc2n1C(C)C. The molecule has 0 radical (unpaired) electrons. The van der Waals surface area contributed by atoms with Gasteiger partial charge in [0.2, 0.25) is 5.95 Å². The molecule has 0 aliphatic carbocycles. The van der Waals surface area contributed by atoms with E-state index in [2.05, 4.69) is 49.3 Å². The van der Waals surface area contributed by atoms with Gasteiger partial charge in [-0.1, -0.05) is 6.07 Å². The normalized spacial score (nSPS) is 18.6. The molecule has 1 aromatic carbocycles. The number of hydrogen-bond acceptors (Lipinski definition) is 7. The maximum absolute atomic E-state index is 14.9. The monoisotopic (exact) mass is 506 g/mol. The van der Waals surface area contributed by atoms with Crippen molar-refractivity contribution in [2.24, 2.45) is 0 Å². The van der Waals surface area contributed by atoms with Gasteiger partial charge in [0.25, 0.3) is 0 Å². The summed E-state index contributed by atoms with van der Waals surface area (Å²) in [6, 6.07) is 7.82. The summed E-state index contributed by atoms with van der Waals surface area (Å²) < 4.78 is 31.7. The van der Waals surface area contributed by atoms with Crippen molar-refractivity contribution >= 4 is 22.8 Å². The van der Waals surface area contributed by atoms with E-state index in [0.29, 0.717) is 34.8 Å². The Hall–Kier alpha value is -3.50. The molecular weight excluding hydrogens is 474 g/mol. The maximum Gasteiger partial charge on any atom is 0.229 e. The summed E-state index contributed by atoms with van der Waals surface area (Å²) in [7, 11) is 0. The fraction of sp³-hybridized carbons (Fsp3) is 0.407. The first-order chi connectivity index (χ1) is 17.7. The summed E-state index contributed by atoms with van der Waals surface area (Å²) in [6.45, 7) is 13.0. The summed E-state index contributed by atoms with van der Waals surface area (Å²) in [4.78, 5) is 19.7. The number of aryl methyl sites for hydroxylation is 1. The van der Waals surface area contributed by atoms with E-state index in [-0.39, 0.29) is 23.2 Å². The number of anilines is 2. The molecule has 37 heavy (non-hydrogen) atoms. The molecule has 1 aliphatic rings. The van der Waals surface area contributed by atoms with Gasteiger partial charge in [-0.15, -0.1) is 0 Å². The van der Waals surface area contributed by atoms with Gasteiger partial charge in [0.05, 0.1) is 11.7 Å². The lowest BCUT2D eigenvalue weighted by Crippen LogP contribution is -2.53. The van der Waals surface area contributed by atoms with Gasteiger partial charge >= 0.3 is 0 Å². The molecule has 2 atom stereocenters. The van der Waals surface area contributed by atoms with E-state index in [0.717, 1.165) is 31.4 Å². The molecule has 1 aliphatic heterocycles. The number of piperazine rings is 1. The van der Waals surface area contributed by atoms with Gasteiger partial charge in [0.15, 0.2) is 11.6 Å². The van der Waals surface area contributed by atoms with Crippen LogP contribution in [0.1, 0.15) is 45.1 Å². The predicted molar refractivity (Wildman–Crippen MR) is 141 cm³/mol. The Labute approximate surface area is 215 Å². The van der Waals surface area contributed by atoms with Crippen LogP contribution in [0.3, 0.4) is 0 Å². The van der Waals surface area contributed by atoms with Crippen molar-refractivity contribution in [1.29, 1.82) is 0 Å². The van der Waals surface area contributed by atoms with E-state index < -0.39 is 11.6 Å². The minimum atomic E-state index is -0.639. The Morgan fingerprint density at radius 2 is 1.78 bits per heavy atom. The van der Waals surface area contributed by atoms with Gasteiger partial charge < -0.3 is 15.2 Å². The highest BCUT2D eigenvalue weighted by atomic mass is 19.1. The van der Waals surface area contributed by atoms with E-state index >= 15 is 0 Å². The number of hydrogen-bond donors (Lipinski definition) is 2. The second-order valence-electron chi connectivity index (χ2n) is 10.2. The quantitative estimate of drug-likeness (QED) is 0.382. The zero-order valence-electron chi connectivity index (χ0n) is 21.8. The number of imidazole rings is 1. The summed E-state index contributed by atoms with van der Waals surface area (Å²) in [6.07, 6.45) is 2.90. The van der Waals surface area contributed by atoms with E-state index in [1.807, 2.05) is 43.7 Å². The largest absolute Gasteiger partial charge is 0.326 e. The molecule has 0 bridgehead atoms. The van der Waals surface area contributed by atoms with Crippen molar-refractivity contribution in [3.8, 4) is 11.3 Å². The molecule has 4 heterocycles. The third-order valence-electron chi connectivity index (χ3n) is 6.56. The van der Waals surface area contributed by atoms with Crippen molar-refractivity contribution < 1.29 is 8.78 Å². The van der Waals surface area contributed by atoms with E-state index in [4.69, 9.17) is 0 Å². The van der Waals surface area contributed by atoms with E-state index in [1.54, 1.807) is 6.07 Å². The van der Waals surface area contributed by atoms with Crippen molar-refractivity contribution in [2.75, 3.05) is 18.4 Å². The number of aromatic nitrogens is 5. The molecule has 0 unspecified atom stereocenters. The molecule has 0 saturated carbocycles. The van der Waals surface area contributed by atoms with Gasteiger partial charge in [-0.2, -0.15) is 0 Å². The average Bonchev–Trinajstić information content (AvgIpc) is 3.17. The first-order valence-electron chi connectivity index (χ1n) is 12.6. The van der Waals surface area contributed by atoms with Crippen LogP contribution in [0.15, 0.2) is 36.7 Å². The number of fused-ring (bicyclic) bond motifs is 1. The molecule has 3 aromatic heterocycles.